The molecular weight excluding hydrogens is 288 g/mol. The van der Waals surface area contributed by atoms with Gasteiger partial charge in [-0.3, -0.25) is 4.90 Å². The molecule has 1 aromatic heterocycles. The van der Waals surface area contributed by atoms with Crippen LogP contribution in [-0.2, 0) is 4.74 Å². The van der Waals surface area contributed by atoms with Gasteiger partial charge in [0, 0.05) is 19.6 Å². The fourth-order valence-corrected chi connectivity index (χ4v) is 3.64. The van der Waals surface area contributed by atoms with E-state index in [4.69, 9.17) is 10.5 Å². The summed E-state index contributed by atoms with van der Waals surface area (Å²) in [7, 11) is 1.99. The Morgan fingerprint density at radius 1 is 1.57 bits per heavy atom. The summed E-state index contributed by atoms with van der Waals surface area (Å²) in [4.78, 5) is 16.6. The van der Waals surface area contributed by atoms with Gasteiger partial charge in [0.15, 0.2) is 5.82 Å². The Balaban J connectivity index is 2.12. The second-order valence-corrected chi connectivity index (χ2v) is 6.03. The Kier molecular flexibility index (Phi) is 5.41. The first-order chi connectivity index (χ1) is 10.1. The molecule has 1 saturated heterocycles. The summed E-state index contributed by atoms with van der Waals surface area (Å²) in [5.74, 6) is -0.122. The molecular formula is C14H24N4O2S. The lowest BCUT2D eigenvalue weighted by Crippen LogP contribution is -2.38. The first-order valence-electron chi connectivity index (χ1n) is 7.45. The Labute approximate surface area is 130 Å². The molecule has 6 nitrogen and oxygen atoms in total. The summed E-state index contributed by atoms with van der Waals surface area (Å²) in [5.41, 5.74) is 6.24. The standard InChI is InChI=1S/C14H24N4O2S/c1-4-18-8-6-7-10(18)9-17(3)13-11(12(15)16-21-13)14(19)20-5-2/h10H,4-9H2,1-3H3,(H2,15,16). The molecule has 21 heavy (non-hydrogen) atoms. The fourth-order valence-electron chi connectivity index (χ4n) is 2.87. The monoisotopic (exact) mass is 312 g/mol. The number of esters is 1. The highest BCUT2D eigenvalue weighted by Gasteiger charge is 2.28. The lowest BCUT2D eigenvalue weighted by molar-refractivity contribution is 0.0528. The van der Waals surface area contributed by atoms with Crippen molar-refractivity contribution in [3.05, 3.63) is 5.56 Å². The van der Waals surface area contributed by atoms with Gasteiger partial charge < -0.3 is 15.4 Å². The largest absolute Gasteiger partial charge is 0.462 e. The van der Waals surface area contributed by atoms with Gasteiger partial charge in [-0.2, -0.15) is 4.37 Å². The number of carbonyl (C=O) groups is 1. The number of ether oxygens (including phenoxy) is 1. The Morgan fingerprint density at radius 3 is 3.00 bits per heavy atom. The van der Waals surface area contributed by atoms with Crippen molar-refractivity contribution in [2.75, 3.05) is 43.9 Å². The number of likely N-dealkylation sites (N-methyl/N-ethyl adjacent to an activating group) is 2. The van der Waals surface area contributed by atoms with Gasteiger partial charge in [-0.25, -0.2) is 4.79 Å². The van der Waals surface area contributed by atoms with E-state index < -0.39 is 0 Å². The number of nitrogens with zero attached hydrogens (tertiary/aromatic N) is 3. The highest BCUT2D eigenvalue weighted by Crippen LogP contribution is 2.31. The number of nitrogens with two attached hydrogens (primary N) is 1. The third-order valence-corrected chi connectivity index (χ3v) is 4.89. The molecule has 0 bridgehead atoms. The molecule has 0 radical (unpaired) electrons. The van der Waals surface area contributed by atoms with Crippen LogP contribution in [-0.4, -0.2) is 54.6 Å². The molecule has 0 saturated carbocycles. The van der Waals surface area contributed by atoms with Crippen LogP contribution in [0.4, 0.5) is 10.8 Å². The maximum atomic E-state index is 12.0. The van der Waals surface area contributed by atoms with Crippen LogP contribution in [0.1, 0.15) is 37.0 Å². The molecule has 0 spiro atoms. The van der Waals surface area contributed by atoms with Crippen LogP contribution in [0.2, 0.25) is 0 Å². The van der Waals surface area contributed by atoms with Crippen LogP contribution >= 0.6 is 11.5 Å². The molecule has 1 unspecified atom stereocenters. The predicted octanol–water partition coefficient (Wildman–Crippen LogP) is 1.82. The normalized spacial score (nSPS) is 18.9. The van der Waals surface area contributed by atoms with Crippen molar-refractivity contribution in [2.45, 2.75) is 32.7 Å². The molecule has 0 aromatic carbocycles. The molecule has 0 amide bonds. The fraction of sp³-hybridized carbons (Fsp3) is 0.714. The lowest BCUT2D eigenvalue weighted by Gasteiger charge is -2.28. The summed E-state index contributed by atoms with van der Waals surface area (Å²) < 4.78 is 9.20. The summed E-state index contributed by atoms with van der Waals surface area (Å²) in [6.45, 7) is 7.41. The van der Waals surface area contributed by atoms with Gasteiger partial charge >= 0.3 is 5.97 Å². The van der Waals surface area contributed by atoms with Crippen LogP contribution < -0.4 is 10.6 Å². The molecule has 2 N–H and O–H groups in total. The zero-order chi connectivity index (χ0) is 15.4. The highest BCUT2D eigenvalue weighted by molar-refractivity contribution is 7.11. The molecule has 1 atom stereocenters. The molecule has 2 heterocycles. The van der Waals surface area contributed by atoms with E-state index in [-0.39, 0.29) is 11.8 Å². The molecule has 1 aliphatic heterocycles. The average Bonchev–Trinajstić information content (AvgIpc) is 3.05. The maximum Gasteiger partial charge on any atom is 0.345 e. The van der Waals surface area contributed by atoms with Crippen molar-refractivity contribution < 1.29 is 9.53 Å². The smallest absolute Gasteiger partial charge is 0.345 e. The SMILES string of the molecule is CCOC(=O)c1c(N)nsc1N(C)CC1CCCN1CC. The number of aromatic nitrogens is 1. The molecule has 1 fully saturated rings. The minimum Gasteiger partial charge on any atom is -0.462 e. The van der Waals surface area contributed by atoms with Gasteiger partial charge in [0.1, 0.15) is 10.6 Å². The van der Waals surface area contributed by atoms with Crippen molar-refractivity contribution in [3.63, 3.8) is 0 Å². The molecule has 1 aliphatic rings. The minimum atomic E-state index is -0.385. The van der Waals surface area contributed by atoms with Crippen LogP contribution in [0.15, 0.2) is 0 Å². The topological polar surface area (TPSA) is 71.7 Å². The molecule has 1 aromatic rings. The van der Waals surface area contributed by atoms with Crippen LogP contribution in [0.3, 0.4) is 0 Å². The van der Waals surface area contributed by atoms with E-state index in [0.717, 1.165) is 24.6 Å². The Bertz CT molecular complexity index is 491. The van der Waals surface area contributed by atoms with Crippen molar-refractivity contribution in [3.8, 4) is 0 Å². The minimum absolute atomic E-state index is 0.263. The van der Waals surface area contributed by atoms with Gasteiger partial charge in [-0.15, -0.1) is 0 Å². The number of hydrogen-bond acceptors (Lipinski definition) is 7. The lowest BCUT2D eigenvalue weighted by atomic mass is 10.2. The van der Waals surface area contributed by atoms with E-state index in [1.165, 1.54) is 24.4 Å². The molecule has 7 heteroatoms. The maximum absolute atomic E-state index is 12.0. The Hall–Kier alpha value is -1.34. The second-order valence-electron chi connectivity index (χ2n) is 5.27. The predicted molar refractivity (Wildman–Crippen MR) is 86.0 cm³/mol. The Morgan fingerprint density at radius 2 is 2.33 bits per heavy atom. The number of carbonyl (C=O) groups excluding carboxylic acids is 1. The summed E-state index contributed by atoms with van der Waals surface area (Å²) in [6.07, 6.45) is 2.43. The number of rotatable bonds is 6. The first kappa shape index (κ1) is 16.0. The zero-order valence-electron chi connectivity index (χ0n) is 13.0. The van der Waals surface area contributed by atoms with E-state index in [2.05, 4.69) is 21.1 Å². The molecule has 0 aliphatic carbocycles. The van der Waals surface area contributed by atoms with Crippen LogP contribution in [0.5, 0.6) is 0 Å². The van der Waals surface area contributed by atoms with E-state index in [9.17, 15) is 4.79 Å². The van der Waals surface area contributed by atoms with E-state index in [1.807, 2.05) is 7.05 Å². The van der Waals surface area contributed by atoms with E-state index >= 15 is 0 Å². The van der Waals surface area contributed by atoms with Gasteiger partial charge in [0.25, 0.3) is 0 Å². The third kappa shape index (κ3) is 3.47. The number of nitrogen functional groups attached to an aromatic ring is 1. The van der Waals surface area contributed by atoms with E-state index in [1.54, 1.807) is 6.92 Å². The van der Waals surface area contributed by atoms with Crippen LogP contribution in [0, 0.1) is 0 Å². The molecule has 2 rings (SSSR count). The zero-order valence-corrected chi connectivity index (χ0v) is 13.8. The number of likely N-dealkylation sites (tertiary alicyclic amines) is 1. The summed E-state index contributed by atoms with van der Waals surface area (Å²) in [5, 5.41) is 0.800. The van der Waals surface area contributed by atoms with Gasteiger partial charge in [-0.1, -0.05) is 6.92 Å². The number of hydrogen-bond donors (Lipinski definition) is 1. The van der Waals surface area contributed by atoms with Crippen molar-refractivity contribution in [2.24, 2.45) is 0 Å². The second kappa shape index (κ2) is 7.09. The van der Waals surface area contributed by atoms with Gasteiger partial charge in [0.2, 0.25) is 0 Å². The van der Waals surface area contributed by atoms with Gasteiger partial charge in [0.05, 0.1) is 6.61 Å². The summed E-state index contributed by atoms with van der Waals surface area (Å²) >= 11 is 1.26. The third-order valence-electron chi connectivity index (χ3n) is 3.92. The van der Waals surface area contributed by atoms with Gasteiger partial charge in [-0.05, 0) is 44.4 Å². The quantitative estimate of drug-likeness (QED) is 0.808. The highest BCUT2D eigenvalue weighted by atomic mass is 32.1. The van der Waals surface area contributed by atoms with Crippen molar-refractivity contribution in [1.82, 2.24) is 9.27 Å². The molecule has 118 valence electrons. The first-order valence-corrected chi connectivity index (χ1v) is 8.23. The summed E-state index contributed by atoms with van der Waals surface area (Å²) in [6, 6.07) is 0.526. The number of anilines is 2. The van der Waals surface area contributed by atoms with Crippen molar-refractivity contribution >= 4 is 28.3 Å². The van der Waals surface area contributed by atoms with Crippen molar-refractivity contribution in [1.29, 1.82) is 0 Å². The van der Waals surface area contributed by atoms with Crippen LogP contribution in [0.25, 0.3) is 0 Å². The average molecular weight is 312 g/mol. The van der Waals surface area contributed by atoms with E-state index in [0.29, 0.717) is 18.2 Å².